The third kappa shape index (κ3) is 17.3. The van der Waals surface area contributed by atoms with Crippen LogP contribution in [0.5, 0.6) is 5.88 Å². The molecule has 5 N–H and O–H groups in total. The van der Waals surface area contributed by atoms with Crippen LogP contribution in [0.3, 0.4) is 0 Å². The van der Waals surface area contributed by atoms with Gasteiger partial charge in [0.1, 0.15) is 5.82 Å². The van der Waals surface area contributed by atoms with Crippen LogP contribution in [-0.4, -0.2) is 46.9 Å². The zero-order chi connectivity index (χ0) is 25.8. The molecule has 0 atom stereocenters. The van der Waals surface area contributed by atoms with E-state index in [1.54, 1.807) is 0 Å². The highest BCUT2D eigenvalue weighted by molar-refractivity contribution is 7.85. The Hall–Kier alpha value is -1.85. The maximum absolute atomic E-state index is 10.6. The van der Waals surface area contributed by atoms with Crippen LogP contribution in [0.25, 0.3) is 0 Å². The molecule has 0 spiro atoms. The molecule has 0 saturated carbocycles. The van der Waals surface area contributed by atoms with E-state index in [1.807, 2.05) is 0 Å². The van der Waals surface area contributed by atoms with Crippen LogP contribution in [0.1, 0.15) is 109 Å². The summed E-state index contributed by atoms with van der Waals surface area (Å²) in [6.07, 6.45) is 20.2. The summed E-state index contributed by atoms with van der Waals surface area (Å²) in [7, 11) is -3.84. The summed E-state index contributed by atoms with van der Waals surface area (Å²) in [5.74, 6) is -0.272. The lowest BCUT2D eigenvalue weighted by atomic mass is 10.0. The van der Waals surface area contributed by atoms with Crippen LogP contribution in [0.4, 0.5) is 11.5 Å². The van der Waals surface area contributed by atoms with Gasteiger partial charge in [-0.1, -0.05) is 89.9 Å². The Bertz CT molecular complexity index is 784. The number of nitroso groups, excluding NO2 is 1. The average molecular weight is 516 g/mol. The quantitative estimate of drug-likeness (QED) is 0.0844. The van der Waals surface area contributed by atoms with Crippen molar-refractivity contribution in [1.29, 1.82) is 0 Å². The molecule has 11 heteroatoms. The molecule has 0 aliphatic heterocycles. The maximum Gasteiger partial charge on any atom is 0.266 e. The summed E-state index contributed by atoms with van der Waals surface area (Å²) < 4.78 is 29.8. The van der Waals surface area contributed by atoms with Crippen molar-refractivity contribution in [2.75, 3.05) is 24.6 Å². The molecule has 0 unspecified atom stereocenters. The number of anilines is 1. The third-order valence-electron chi connectivity index (χ3n) is 6.07. The Morgan fingerprint density at radius 3 is 1.63 bits per heavy atom. The van der Waals surface area contributed by atoms with E-state index in [1.165, 1.54) is 77.0 Å². The number of nitrogen functional groups attached to an aromatic ring is 1. The topological polar surface area (TPSA) is 168 Å². The molecule has 1 aromatic heterocycles. The van der Waals surface area contributed by atoms with E-state index in [0.717, 1.165) is 32.2 Å². The Morgan fingerprint density at radius 2 is 1.20 bits per heavy atom. The molecule has 1 rings (SSSR count). The van der Waals surface area contributed by atoms with E-state index in [4.69, 9.17) is 10.3 Å². The summed E-state index contributed by atoms with van der Waals surface area (Å²) in [5, 5.41) is 15.3. The molecular formula is C24H45N5O5S. The third-order valence-corrected chi connectivity index (χ3v) is 6.79. The number of aromatic hydroxyl groups is 1. The number of aromatic nitrogens is 2. The highest BCUT2D eigenvalue weighted by atomic mass is 32.2. The first-order chi connectivity index (χ1) is 16.8. The lowest BCUT2D eigenvalue weighted by Gasteiger charge is -2.05. The first kappa shape index (κ1) is 31.2. The first-order valence-corrected chi connectivity index (χ1v) is 14.8. The fraction of sp³-hybridized carbons (Fsp3) is 0.833. The van der Waals surface area contributed by atoms with Gasteiger partial charge in [0.25, 0.3) is 10.1 Å². The van der Waals surface area contributed by atoms with Crippen LogP contribution in [0.2, 0.25) is 0 Å². The lowest BCUT2D eigenvalue weighted by molar-refractivity contribution is 0.450. The van der Waals surface area contributed by atoms with Gasteiger partial charge in [0.05, 0.1) is 5.75 Å². The van der Waals surface area contributed by atoms with Gasteiger partial charge < -0.3 is 16.2 Å². The van der Waals surface area contributed by atoms with Gasteiger partial charge in [-0.15, -0.1) is 4.91 Å². The van der Waals surface area contributed by atoms with Gasteiger partial charge in [-0.25, -0.2) is 4.98 Å². The minimum atomic E-state index is -3.84. The molecule has 0 aliphatic rings. The van der Waals surface area contributed by atoms with Crippen molar-refractivity contribution >= 4 is 21.6 Å². The monoisotopic (exact) mass is 515 g/mol. The Balaban J connectivity index is 1.79. The molecule has 1 heterocycles. The van der Waals surface area contributed by atoms with Crippen molar-refractivity contribution in [2.45, 2.75) is 109 Å². The average Bonchev–Trinajstić information content (AvgIpc) is 2.79. The first-order valence-electron chi connectivity index (χ1n) is 13.2. The van der Waals surface area contributed by atoms with Crippen molar-refractivity contribution < 1.29 is 18.1 Å². The number of hydrogen-bond donors (Lipinski definition) is 4. The van der Waals surface area contributed by atoms with Crippen molar-refractivity contribution in [3.8, 4) is 5.88 Å². The molecule has 35 heavy (non-hydrogen) atoms. The fourth-order valence-electron chi connectivity index (χ4n) is 4.04. The van der Waals surface area contributed by atoms with Crippen LogP contribution in [-0.2, 0) is 16.5 Å². The van der Waals surface area contributed by atoms with Gasteiger partial charge in [0.15, 0.2) is 5.82 Å². The minimum absolute atomic E-state index is 0.0682. The number of nitrogens with one attached hydrogen (secondary N) is 1. The molecular weight excluding hydrogens is 470 g/mol. The molecule has 0 saturated heterocycles. The van der Waals surface area contributed by atoms with Crippen molar-refractivity contribution in [2.24, 2.45) is 5.18 Å². The van der Waals surface area contributed by atoms with E-state index in [0.29, 0.717) is 18.8 Å². The van der Waals surface area contributed by atoms with Gasteiger partial charge in [-0.2, -0.15) is 13.4 Å². The Labute approximate surface area is 210 Å². The van der Waals surface area contributed by atoms with Gasteiger partial charge in [-0.3, -0.25) is 4.55 Å². The van der Waals surface area contributed by atoms with Gasteiger partial charge in [-0.05, 0) is 24.6 Å². The zero-order valence-corrected chi connectivity index (χ0v) is 21.9. The predicted octanol–water partition coefficient (Wildman–Crippen LogP) is 5.42. The second-order valence-electron chi connectivity index (χ2n) is 9.23. The van der Waals surface area contributed by atoms with E-state index in [-0.39, 0.29) is 17.3 Å². The predicted molar refractivity (Wildman–Crippen MR) is 140 cm³/mol. The lowest BCUT2D eigenvalue weighted by Crippen LogP contribution is -2.23. The largest absolute Gasteiger partial charge is 0.492 e. The Kier molecular flexibility index (Phi) is 17.2. The summed E-state index contributed by atoms with van der Waals surface area (Å²) in [5.41, 5.74) is 5.31. The van der Waals surface area contributed by atoms with E-state index in [9.17, 15) is 18.4 Å². The second-order valence-corrected chi connectivity index (χ2v) is 10.8. The Morgan fingerprint density at radius 1 is 0.743 bits per heavy atom. The number of unbranched alkanes of at least 4 members (excludes halogenated alkanes) is 15. The van der Waals surface area contributed by atoms with Crippen LogP contribution < -0.4 is 11.1 Å². The number of rotatable bonds is 23. The van der Waals surface area contributed by atoms with Crippen LogP contribution in [0.15, 0.2) is 5.18 Å². The summed E-state index contributed by atoms with van der Waals surface area (Å²) in [6.45, 7) is 1.12. The van der Waals surface area contributed by atoms with Gasteiger partial charge in [0, 0.05) is 13.0 Å². The highest BCUT2D eigenvalue weighted by Gasteiger charge is 2.12. The second kappa shape index (κ2) is 19.4. The molecule has 10 nitrogen and oxygen atoms in total. The smallest absolute Gasteiger partial charge is 0.266 e. The number of hydrogen-bond acceptors (Lipinski definition) is 9. The van der Waals surface area contributed by atoms with Crippen LogP contribution in [0, 0.1) is 4.91 Å². The number of nitrogens with two attached hydrogens (primary N) is 1. The standard InChI is InChI=1S/C24H45N5O5S/c25-23-22(29-31)24(30)28-21(27-23)17-15-13-11-9-7-5-3-1-2-4-6-8-10-12-14-16-18-26-19-20-35(32,33)34/h26H,1-20H2,(H,32,33,34)(H3,25,27,28,30). The van der Waals surface area contributed by atoms with E-state index >= 15 is 0 Å². The van der Waals surface area contributed by atoms with Crippen molar-refractivity contribution in [3.05, 3.63) is 10.7 Å². The molecule has 0 fully saturated rings. The summed E-state index contributed by atoms with van der Waals surface area (Å²) in [6, 6.07) is 0. The van der Waals surface area contributed by atoms with Gasteiger partial charge >= 0.3 is 0 Å². The van der Waals surface area contributed by atoms with E-state index in [2.05, 4.69) is 20.5 Å². The number of nitrogens with zero attached hydrogens (tertiary/aromatic N) is 3. The summed E-state index contributed by atoms with van der Waals surface area (Å²) in [4.78, 5) is 18.4. The molecule has 1 aromatic rings. The molecule has 202 valence electrons. The van der Waals surface area contributed by atoms with Crippen LogP contribution >= 0.6 is 0 Å². The minimum Gasteiger partial charge on any atom is -0.492 e. The molecule has 0 aromatic carbocycles. The van der Waals surface area contributed by atoms with E-state index < -0.39 is 16.0 Å². The molecule has 0 radical (unpaired) electrons. The fourth-order valence-corrected chi connectivity index (χ4v) is 4.44. The normalized spacial score (nSPS) is 11.7. The SMILES string of the molecule is Nc1nc(CCCCCCCCCCCCCCCCCCNCCS(=O)(=O)O)nc(O)c1N=O. The summed E-state index contributed by atoms with van der Waals surface area (Å²) >= 11 is 0. The van der Waals surface area contributed by atoms with Crippen molar-refractivity contribution in [1.82, 2.24) is 15.3 Å². The molecule has 0 aliphatic carbocycles. The van der Waals surface area contributed by atoms with Gasteiger partial charge in [0.2, 0.25) is 11.6 Å². The maximum atomic E-state index is 10.6. The molecule has 0 amide bonds. The highest BCUT2D eigenvalue weighted by Crippen LogP contribution is 2.29. The molecule has 0 bridgehead atoms. The zero-order valence-electron chi connectivity index (χ0n) is 21.1. The number of aryl methyl sites for hydroxylation is 1. The van der Waals surface area contributed by atoms with Crippen molar-refractivity contribution in [3.63, 3.8) is 0 Å².